The molecule has 1 fully saturated rings. The molecule has 1 rings (SSSR count). The van der Waals surface area contributed by atoms with Crippen LogP contribution >= 0.6 is 0 Å². The van der Waals surface area contributed by atoms with Crippen LogP contribution < -0.4 is 0 Å². The third-order valence-corrected chi connectivity index (χ3v) is 5.75. The molecular formula is C20H41NO6. The molecule has 7 nitrogen and oxygen atoms in total. The van der Waals surface area contributed by atoms with Gasteiger partial charge in [0.05, 0.1) is 37.1 Å². The van der Waals surface area contributed by atoms with Crippen LogP contribution in [0.4, 0.5) is 0 Å². The van der Waals surface area contributed by atoms with Crippen molar-refractivity contribution in [2.45, 2.75) is 89.7 Å². The van der Waals surface area contributed by atoms with Crippen LogP contribution in [0.15, 0.2) is 0 Å². The van der Waals surface area contributed by atoms with Gasteiger partial charge in [-0.2, -0.15) is 0 Å². The number of likely N-dealkylation sites (N-methyl/N-ethyl adjacent to an activating group) is 1. The second-order valence-corrected chi connectivity index (χ2v) is 7.81. The molecule has 162 valence electrons. The Labute approximate surface area is 164 Å². The summed E-state index contributed by atoms with van der Waals surface area (Å²) in [5.41, 5.74) is -1.14. The molecule has 7 heteroatoms. The highest BCUT2D eigenvalue weighted by atomic mass is 16.7. The average Bonchev–Trinajstić information content (AvgIpc) is 2.66. The van der Waals surface area contributed by atoms with Crippen LogP contribution in [0, 0.1) is 5.92 Å². The molecule has 0 amide bonds. The number of ether oxygens (including phenoxy) is 3. The highest BCUT2D eigenvalue weighted by Gasteiger charge is 2.53. The van der Waals surface area contributed by atoms with Crippen LogP contribution in [-0.2, 0) is 14.2 Å². The summed E-state index contributed by atoms with van der Waals surface area (Å²) >= 11 is 0. The van der Waals surface area contributed by atoms with E-state index < -0.39 is 36.1 Å². The Bertz CT molecular complexity index is 400. The lowest BCUT2D eigenvalue weighted by Gasteiger charge is -2.49. The fourth-order valence-electron chi connectivity index (χ4n) is 3.69. The summed E-state index contributed by atoms with van der Waals surface area (Å²) in [4.78, 5) is 2.02. The van der Waals surface area contributed by atoms with E-state index in [-0.39, 0.29) is 12.7 Å². The van der Waals surface area contributed by atoms with E-state index in [1.165, 1.54) is 0 Å². The van der Waals surface area contributed by atoms with Crippen molar-refractivity contribution in [2.24, 2.45) is 5.92 Å². The van der Waals surface area contributed by atoms with Gasteiger partial charge in [0, 0.05) is 12.5 Å². The summed E-state index contributed by atoms with van der Waals surface area (Å²) in [5, 5.41) is 32.5. The van der Waals surface area contributed by atoms with Gasteiger partial charge in [-0.25, -0.2) is 0 Å². The molecule has 27 heavy (non-hydrogen) atoms. The van der Waals surface area contributed by atoms with Crippen LogP contribution in [0.2, 0.25) is 0 Å². The van der Waals surface area contributed by atoms with Crippen molar-refractivity contribution < 1.29 is 29.5 Å². The van der Waals surface area contributed by atoms with E-state index in [9.17, 15) is 15.3 Å². The molecule has 0 aromatic carbocycles. The summed E-state index contributed by atoms with van der Waals surface area (Å²) < 4.78 is 17.7. The number of aliphatic hydroxyl groups is 3. The average molecular weight is 392 g/mol. The predicted octanol–water partition coefficient (Wildman–Crippen LogP) is 1.38. The zero-order valence-corrected chi connectivity index (χ0v) is 17.9. The molecule has 1 aliphatic heterocycles. The van der Waals surface area contributed by atoms with Crippen LogP contribution in [0.3, 0.4) is 0 Å². The number of nitrogens with zero attached hydrogens (tertiary/aromatic N) is 1. The fraction of sp³-hybridized carbons (Fsp3) is 1.00. The van der Waals surface area contributed by atoms with Crippen molar-refractivity contribution >= 4 is 0 Å². The molecule has 5 unspecified atom stereocenters. The van der Waals surface area contributed by atoms with E-state index in [0.29, 0.717) is 19.4 Å². The highest BCUT2D eigenvalue weighted by molar-refractivity contribution is 4.99. The SMILES string of the molecule is CCC(CC)OC1OC(COCCN(C)C)C(C(O)(CC)CC)C(O)C1O. The summed E-state index contributed by atoms with van der Waals surface area (Å²) in [5.74, 6) is -0.650. The van der Waals surface area contributed by atoms with Gasteiger partial charge in [-0.3, -0.25) is 0 Å². The molecule has 0 aromatic heterocycles. The van der Waals surface area contributed by atoms with Crippen molar-refractivity contribution in [3.63, 3.8) is 0 Å². The molecule has 0 bridgehead atoms. The Morgan fingerprint density at radius 2 is 1.63 bits per heavy atom. The Hall–Kier alpha value is -0.280. The molecule has 0 aliphatic carbocycles. The van der Waals surface area contributed by atoms with E-state index in [0.717, 1.165) is 19.4 Å². The Balaban J connectivity index is 2.95. The molecular weight excluding hydrogens is 350 g/mol. The maximum absolute atomic E-state index is 11.1. The predicted molar refractivity (Wildman–Crippen MR) is 105 cm³/mol. The Kier molecular flexibility index (Phi) is 10.7. The van der Waals surface area contributed by atoms with E-state index in [4.69, 9.17) is 14.2 Å². The molecule has 1 saturated heterocycles. The summed E-state index contributed by atoms with van der Waals surface area (Å²) in [7, 11) is 3.94. The monoisotopic (exact) mass is 391 g/mol. The van der Waals surface area contributed by atoms with Crippen LogP contribution in [0.25, 0.3) is 0 Å². The minimum atomic E-state index is -1.21. The first-order valence-electron chi connectivity index (χ1n) is 10.4. The first-order valence-corrected chi connectivity index (χ1v) is 10.4. The quantitative estimate of drug-likeness (QED) is 0.433. The van der Waals surface area contributed by atoms with E-state index in [1.807, 2.05) is 46.7 Å². The van der Waals surface area contributed by atoms with Crippen LogP contribution in [-0.4, -0.2) is 90.4 Å². The maximum atomic E-state index is 11.1. The van der Waals surface area contributed by atoms with Gasteiger partial charge in [0.2, 0.25) is 0 Å². The third kappa shape index (κ3) is 6.63. The minimum Gasteiger partial charge on any atom is -0.390 e. The van der Waals surface area contributed by atoms with Gasteiger partial charge in [-0.15, -0.1) is 0 Å². The molecule has 0 aromatic rings. The fourth-order valence-corrected chi connectivity index (χ4v) is 3.69. The molecule has 0 spiro atoms. The zero-order valence-electron chi connectivity index (χ0n) is 17.9. The second kappa shape index (κ2) is 11.7. The summed E-state index contributed by atoms with van der Waals surface area (Å²) in [6.45, 7) is 9.29. The number of hydrogen-bond donors (Lipinski definition) is 3. The lowest BCUT2D eigenvalue weighted by atomic mass is 9.73. The standard InChI is InChI=1S/C20H41NO6/c1-7-14(8-2)26-19-18(23)17(22)16(20(24,9-3)10-4)15(27-19)13-25-12-11-21(5)6/h14-19,22-24H,7-13H2,1-6H3. The van der Waals surface area contributed by atoms with Crippen molar-refractivity contribution in [1.29, 1.82) is 0 Å². The van der Waals surface area contributed by atoms with Gasteiger partial charge in [-0.1, -0.05) is 27.7 Å². The highest BCUT2D eigenvalue weighted by Crippen LogP contribution is 2.38. The second-order valence-electron chi connectivity index (χ2n) is 7.81. The molecule has 1 heterocycles. The summed E-state index contributed by atoms with van der Waals surface area (Å²) in [6.07, 6.45) is -1.41. The number of aliphatic hydroxyl groups excluding tert-OH is 2. The van der Waals surface area contributed by atoms with Crippen molar-refractivity contribution in [2.75, 3.05) is 33.9 Å². The van der Waals surface area contributed by atoms with Crippen LogP contribution in [0.5, 0.6) is 0 Å². The van der Waals surface area contributed by atoms with Crippen molar-refractivity contribution in [3.05, 3.63) is 0 Å². The maximum Gasteiger partial charge on any atom is 0.186 e. The molecule has 0 radical (unpaired) electrons. The first-order chi connectivity index (χ1) is 12.7. The first kappa shape index (κ1) is 24.8. The molecule has 5 atom stereocenters. The van der Waals surface area contributed by atoms with Gasteiger partial charge >= 0.3 is 0 Å². The normalized spacial score (nSPS) is 29.7. The van der Waals surface area contributed by atoms with Gasteiger partial charge in [0.15, 0.2) is 6.29 Å². The van der Waals surface area contributed by atoms with E-state index in [1.54, 1.807) is 0 Å². The van der Waals surface area contributed by atoms with Gasteiger partial charge in [0.1, 0.15) is 6.10 Å². The van der Waals surface area contributed by atoms with Crippen molar-refractivity contribution in [1.82, 2.24) is 4.90 Å². The topological polar surface area (TPSA) is 91.6 Å². The van der Waals surface area contributed by atoms with E-state index >= 15 is 0 Å². The molecule has 3 N–H and O–H groups in total. The zero-order chi connectivity index (χ0) is 20.6. The van der Waals surface area contributed by atoms with Crippen molar-refractivity contribution in [3.8, 4) is 0 Å². The largest absolute Gasteiger partial charge is 0.390 e. The smallest absolute Gasteiger partial charge is 0.186 e. The van der Waals surface area contributed by atoms with E-state index in [2.05, 4.69) is 0 Å². The number of hydrogen-bond acceptors (Lipinski definition) is 7. The Morgan fingerprint density at radius 3 is 2.11 bits per heavy atom. The number of rotatable bonds is 12. The van der Waals surface area contributed by atoms with Gasteiger partial charge < -0.3 is 34.4 Å². The summed E-state index contributed by atoms with van der Waals surface area (Å²) in [6, 6.07) is 0. The molecule has 1 aliphatic rings. The Morgan fingerprint density at radius 1 is 1.04 bits per heavy atom. The van der Waals surface area contributed by atoms with Crippen LogP contribution in [0.1, 0.15) is 53.4 Å². The lowest BCUT2D eigenvalue weighted by Crippen LogP contribution is -2.63. The minimum absolute atomic E-state index is 0.0556. The van der Waals surface area contributed by atoms with Gasteiger partial charge in [-0.05, 0) is 39.8 Å². The lowest BCUT2D eigenvalue weighted by molar-refractivity contribution is -0.322. The molecule has 0 saturated carbocycles. The van der Waals surface area contributed by atoms with Gasteiger partial charge in [0.25, 0.3) is 0 Å². The third-order valence-electron chi connectivity index (χ3n) is 5.75.